The van der Waals surface area contributed by atoms with Crippen molar-refractivity contribution in [3.05, 3.63) is 53.3 Å². The first-order chi connectivity index (χ1) is 13.1. The molecule has 28 heavy (non-hydrogen) atoms. The van der Waals surface area contributed by atoms with Crippen LogP contribution in [-0.4, -0.2) is 52.9 Å². The fraction of sp³-hybridized carbons (Fsp3) is 0.222. The molecular weight excluding hydrogens is 391 g/mol. The van der Waals surface area contributed by atoms with Gasteiger partial charge in [0.25, 0.3) is 5.91 Å². The van der Waals surface area contributed by atoms with Crippen LogP contribution in [0.5, 0.6) is 5.75 Å². The number of hydrogen-bond donors (Lipinski definition) is 1. The first-order valence-corrected chi connectivity index (χ1v) is 9.35. The van der Waals surface area contributed by atoms with E-state index in [2.05, 4.69) is 10.1 Å². The molecule has 8 nitrogen and oxygen atoms in total. The van der Waals surface area contributed by atoms with Gasteiger partial charge in [0.1, 0.15) is 16.5 Å². The number of nitrogens with zero attached hydrogens (tertiary/aromatic N) is 1. The summed E-state index contributed by atoms with van der Waals surface area (Å²) in [5.74, 6) is -2.17. The van der Waals surface area contributed by atoms with Crippen LogP contribution in [0.4, 0.5) is 10.1 Å². The van der Waals surface area contributed by atoms with Crippen LogP contribution in [0.1, 0.15) is 20.7 Å². The number of methoxy groups -OCH3 is 2. The van der Waals surface area contributed by atoms with Crippen LogP contribution in [0, 0.1) is 5.82 Å². The van der Waals surface area contributed by atoms with E-state index in [-0.39, 0.29) is 27.5 Å². The van der Waals surface area contributed by atoms with Crippen molar-refractivity contribution < 1.29 is 31.9 Å². The largest absolute Gasteiger partial charge is 0.495 e. The minimum atomic E-state index is -3.88. The van der Waals surface area contributed by atoms with Gasteiger partial charge in [0, 0.05) is 19.7 Å². The highest BCUT2D eigenvalue weighted by Crippen LogP contribution is 2.27. The van der Waals surface area contributed by atoms with Gasteiger partial charge < -0.3 is 14.8 Å². The number of carbonyl (C=O) groups excluding carboxylic acids is 2. The first-order valence-electron chi connectivity index (χ1n) is 7.91. The standard InChI is InChI=1S/C18H19FN2O6S/c1-21(2)28(24,25)16-10-11(6-8-15(16)26-3)17(22)20-14-9-12(18(23)27-4)5-7-13(14)19/h5-10H,1-4H3,(H,20,22). The summed E-state index contributed by atoms with van der Waals surface area (Å²) in [7, 11) is 1.28. The van der Waals surface area contributed by atoms with E-state index in [0.29, 0.717) is 0 Å². The maximum absolute atomic E-state index is 14.0. The van der Waals surface area contributed by atoms with Crippen molar-refractivity contribution in [2.45, 2.75) is 4.90 Å². The molecular formula is C18H19FN2O6S. The van der Waals surface area contributed by atoms with E-state index < -0.39 is 27.7 Å². The molecule has 0 aliphatic rings. The summed E-state index contributed by atoms with van der Waals surface area (Å²) in [6.07, 6.45) is 0. The van der Waals surface area contributed by atoms with E-state index in [9.17, 15) is 22.4 Å². The Morgan fingerprint density at radius 2 is 1.68 bits per heavy atom. The van der Waals surface area contributed by atoms with Crippen molar-refractivity contribution >= 4 is 27.6 Å². The van der Waals surface area contributed by atoms with Gasteiger partial charge in [-0.25, -0.2) is 21.9 Å². The van der Waals surface area contributed by atoms with E-state index in [1.54, 1.807) is 0 Å². The smallest absolute Gasteiger partial charge is 0.337 e. The summed E-state index contributed by atoms with van der Waals surface area (Å²) in [6.45, 7) is 0. The lowest BCUT2D eigenvalue weighted by Crippen LogP contribution is -2.23. The molecule has 0 aliphatic carbocycles. The van der Waals surface area contributed by atoms with Crippen LogP contribution < -0.4 is 10.1 Å². The average Bonchev–Trinajstić information content (AvgIpc) is 2.68. The highest BCUT2D eigenvalue weighted by molar-refractivity contribution is 7.89. The quantitative estimate of drug-likeness (QED) is 0.732. The lowest BCUT2D eigenvalue weighted by Gasteiger charge is -2.15. The van der Waals surface area contributed by atoms with Gasteiger partial charge in [0.15, 0.2) is 0 Å². The van der Waals surface area contributed by atoms with E-state index in [1.807, 2.05) is 0 Å². The first kappa shape index (κ1) is 21.3. The predicted molar refractivity (Wildman–Crippen MR) is 99.6 cm³/mol. The number of amides is 1. The average molecular weight is 410 g/mol. The molecule has 0 heterocycles. The van der Waals surface area contributed by atoms with E-state index in [1.165, 1.54) is 46.5 Å². The van der Waals surface area contributed by atoms with Gasteiger partial charge in [-0.15, -0.1) is 0 Å². The van der Waals surface area contributed by atoms with Gasteiger partial charge in [0.05, 0.1) is 25.5 Å². The maximum atomic E-state index is 14.0. The molecule has 10 heteroatoms. The second-order valence-corrected chi connectivity index (χ2v) is 7.91. The third kappa shape index (κ3) is 4.29. The number of nitrogens with one attached hydrogen (secondary N) is 1. The molecule has 2 rings (SSSR count). The number of halogens is 1. The van der Waals surface area contributed by atoms with Crippen LogP contribution in [0.15, 0.2) is 41.3 Å². The Kier molecular flexibility index (Phi) is 6.37. The van der Waals surface area contributed by atoms with Crippen LogP contribution in [0.2, 0.25) is 0 Å². The maximum Gasteiger partial charge on any atom is 0.337 e. The highest BCUT2D eigenvalue weighted by atomic mass is 32.2. The number of hydrogen-bond acceptors (Lipinski definition) is 6. The van der Waals surface area contributed by atoms with Crippen LogP contribution in [0.25, 0.3) is 0 Å². The fourth-order valence-corrected chi connectivity index (χ4v) is 3.35. The van der Waals surface area contributed by atoms with Crippen LogP contribution in [0.3, 0.4) is 0 Å². The molecule has 2 aromatic rings. The fourth-order valence-electron chi connectivity index (χ4n) is 2.28. The van der Waals surface area contributed by atoms with Crippen LogP contribution in [-0.2, 0) is 14.8 Å². The van der Waals surface area contributed by atoms with Gasteiger partial charge in [-0.05, 0) is 36.4 Å². The molecule has 0 bridgehead atoms. The topological polar surface area (TPSA) is 102 Å². The van der Waals surface area contributed by atoms with Crippen molar-refractivity contribution in [2.75, 3.05) is 33.6 Å². The Morgan fingerprint density at radius 1 is 1.04 bits per heavy atom. The molecule has 0 saturated carbocycles. The van der Waals surface area contributed by atoms with E-state index in [0.717, 1.165) is 22.5 Å². The zero-order chi connectivity index (χ0) is 21.1. The zero-order valence-electron chi connectivity index (χ0n) is 15.6. The molecule has 1 amide bonds. The molecule has 0 fully saturated rings. The van der Waals surface area contributed by atoms with Crippen LogP contribution >= 0.6 is 0 Å². The lowest BCUT2D eigenvalue weighted by molar-refractivity contribution is 0.0600. The normalized spacial score (nSPS) is 11.2. The summed E-state index contributed by atoms with van der Waals surface area (Å²) < 4.78 is 49.5. The van der Waals surface area contributed by atoms with Crippen molar-refractivity contribution in [3.8, 4) is 5.75 Å². The van der Waals surface area contributed by atoms with Gasteiger partial charge >= 0.3 is 5.97 Å². The highest BCUT2D eigenvalue weighted by Gasteiger charge is 2.24. The lowest BCUT2D eigenvalue weighted by atomic mass is 10.1. The summed E-state index contributed by atoms with van der Waals surface area (Å²) in [5, 5.41) is 2.32. The molecule has 0 unspecified atom stereocenters. The minimum absolute atomic E-state index is 0.0379. The van der Waals surface area contributed by atoms with Crippen molar-refractivity contribution in [2.24, 2.45) is 0 Å². The van der Waals surface area contributed by atoms with Gasteiger partial charge in [-0.2, -0.15) is 0 Å². The zero-order valence-corrected chi connectivity index (χ0v) is 16.5. The number of carbonyl (C=O) groups is 2. The van der Waals surface area contributed by atoms with Crippen molar-refractivity contribution in [1.29, 1.82) is 0 Å². The number of benzene rings is 2. The Balaban J connectivity index is 2.42. The second-order valence-electron chi connectivity index (χ2n) is 5.79. The van der Waals surface area contributed by atoms with E-state index in [4.69, 9.17) is 4.74 Å². The Hall–Kier alpha value is -2.98. The molecule has 0 saturated heterocycles. The summed E-state index contributed by atoms with van der Waals surface area (Å²) in [6, 6.07) is 7.15. The number of sulfonamides is 1. The number of esters is 1. The SMILES string of the molecule is COC(=O)c1ccc(F)c(NC(=O)c2ccc(OC)c(S(=O)(=O)N(C)C)c2)c1. The minimum Gasteiger partial charge on any atom is -0.495 e. The van der Waals surface area contributed by atoms with Crippen molar-refractivity contribution in [3.63, 3.8) is 0 Å². The summed E-state index contributed by atoms with van der Waals surface area (Å²) in [5.41, 5.74) is -0.241. The Labute approximate surface area is 161 Å². The monoisotopic (exact) mass is 410 g/mol. The molecule has 0 radical (unpaired) electrons. The van der Waals surface area contributed by atoms with E-state index >= 15 is 0 Å². The number of anilines is 1. The van der Waals surface area contributed by atoms with Crippen molar-refractivity contribution in [1.82, 2.24) is 4.31 Å². The molecule has 2 aromatic carbocycles. The molecule has 0 atom stereocenters. The predicted octanol–water partition coefficient (Wildman–Crippen LogP) is 2.12. The van der Waals surface area contributed by atoms with Gasteiger partial charge in [0.2, 0.25) is 10.0 Å². The van der Waals surface area contributed by atoms with Gasteiger partial charge in [-0.3, -0.25) is 4.79 Å². The number of rotatable bonds is 6. The third-order valence-corrected chi connectivity index (χ3v) is 5.66. The molecule has 0 aliphatic heterocycles. The van der Waals surface area contributed by atoms with Gasteiger partial charge in [-0.1, -0.05) is 0 Å². The Bertz CT molecular complexity index is 1020. The number of ether oxygens (including phenoxy) is 2. The third-order valence-electron chi connectivity index (χ3n) is 3.82. The Morgan fingerprint density at radius 3 is 2.25 bits per heavy atom. The second kappa shape index (κ2) is 8.36. The molecule has 0 aromatic heterocycles. The summed E-state index contributed by atoms with van der Waals surface area (Å²) in [4.78, 5) is 23.9. The molecule has 150 valence electrons. The summed E-state index contributed by atoms with van der Waals surface area (Å²) >= 11 is 0. The molecule has 1 N–H and O–H groups in total. The molecule has 0 spiro atoms.